The molecule has 19 heteroatoms. The maximum Gasteiger partial charge on any atom is 0.472 e. The molecule has 0 aliphatic carbocycles. The van der Waals surface area contributed by atoms with Crippen molar-refractivity contribution in [3.05, 3.63) is 109 Å². The van der Waals surface area contributed by atoms with Crippen molar-refractivity contribution in [2.45, 2.75) is 329 Å². The van der Waals surface area contributed by atoms with Crippen LogP contribution in [0.4, 0.5) is 0 Å². The fourth-order valence-corrected chi connectivity index (χ4v) is 11.4. The summed E-state index contributed by atoms with van der Waals surface area (Å²) in [6.45, 7) is 4.58. The second-order valence-electron chi connectivity index (χ2n) is 25.2. The maximum atomic E-state index is 13.1. The van der Waals surface area contributed by atoms with Crippen LogP contribution < -0.4 is 0 Å². The number of hydrogen-bond acceptors (Lipinski definition) is 15. The lowest BCUT2D eigenvalue weighted by atomic mass is 10.1. The predicted octanol–water partition coefficient (Wildman–Crippen LogP) is 21.8. The summed E-state index contributed by atoms with van der Waals surface area (Å²) >= 11 is 0. The average molecular weight is 1420 g/mol. The Kier molecular flexibility index (Phi) is 68.0. The van der Waals surface area contributed by atoms with Gasteiger partial charge in [-0.1, -0.05) is 253 Å². The minimum Gasteiger partial charge on any atom is -0.462 e. The Bertz CT molecular complexity index is 2290. The highest BCUT2D eigenvalue weighted by molar-refractivity contribution is 7.47. The Hall–Kier alpha value is -4.28. The van der Waals surface area contributed by atoms with E-state index in [4.69, 9.17) is 37.0 Å². The highest BCUT2D eigenvalue weighted by atomic mass is 31.2. The molecule has 0 spiro atoms. The molecule has 0 amide bonds. The molecule has 0 saturated carbocycles. The van der Waals surface area contributed by atoms with Crippen LogP contribution in [-0.2, 0) is 65.4 Å². The van der Waals surface area contributed by atoms with Crippen molar-refractivity contribution < 1.29 is 80.2 Å². The van der Waals surface area contributed by atoms with Gasteiger partial charge in [0, 0.05) is 25.7 Å². The molecule has 17 nitrogen and oxygen atoms in total. The van der Waals surface area contributed by atoms with Gasteiger partial charge in [0.15, 0.2) is 12.2 Å². The summed E-state index contributed by atoms with van der Waals surface area (Å²) in [7, 11) is -9.96. The van der Waals surface area contributed by atoms with Gasteiger partial charge in [0.25, 0.3) is 0 Å². The number of esters is 4. The van der Waals surface area contributed by atoms with Gasteiger partial charge >= 0.3 is 39.5 Å². The van der Waals surface area contributed by atoms with Crippen LogP contribution in [0.15, 0.2) is 109 Å². The molecule has 0 aromatic carbocycles. The lowest BCUT2D eigenvalue weighted by molar-refractivity contribution is -0.161. The summed E-state index contributed by atoms with van der Waals surface area (Å²) in [6, 6.07) is 0. The molecule has 98 heavy (non-hydrogen) atoms. The van der Waals surface area contributed by atoms with Crippen LogP contribution in [0.25, 0.3) is 0 Å². The van der Waals surface area contributed by atoms with E-state index in [1.165, 1.54) is 51.4 Å². The molecular weight excluding hydrogens is 1280 g/mol. The lowest BCUT2D eigenvalue weighted by Gasteiger charge is -2.21. The van der Waals surface area contributed by atoms with E-state index in [1.807, 2.05) is 0 Å². The van der Waals surface area contributed by atoms with E-state index in [9.17, 15) is 43.2 Å². The highest BCUT2D eigenvalue weighted by Gasteiger charge is 2.30. The van der Waals surface area contributed by atoms with E-state index >= 15 is 0 Å². The van der Waals surface area contributed by atoms with Gasteiger partial charge in [-0.2, -0.15) is 0 Å². The Balaban J connectivity index is 5.34. The monoisotopic (exact) mass is 1420 g/mol. The van der Waals surface area contributed by atoms with Gasteiger partial charge in [0.1, 0.15) is 19.3 Å². The molecule has 0 aromatic rings. The maximum absolute atomic E-state index is 13.1. The Morgan fingerprint density at radius 3 is 0.908 bits per heavy atom. The third-order valence-corrected chi connectivity index (χ3v) is 17.6. The number of ether oxygens (including phenoxy) is 4. The highest BCUT2D eigenvalue weighted by Crippen LogP contribution is 2.45. The number of hydrogen-bond donors (Lipinski definition) is 3. The summed E-state index contributed by atoms with van der Waals surface area (Å²) in [5.74, 6) is -2.24. The van der Waals surface area contributed by atoms with E-state index in [1.54, 1.807) is 0 Å². The van der Waals surface area contributed by atoms with Gasteiger partial charge < -0.3 is 33.8 Å². The molecule has 0 bridgehead atoms. The molecule has 0 saturated heterocycles. The molecule has 0 heterocycles. The Labute approximate surface area is 594 Å². The average Bonchev–Trinajstić information content (AvgIpc) is 1.00. The van der Waals surface area contributed by atoms with Crippen molar-refractivity contribution in [1.29, 1.82) is 0 Å². The molecule has 564 valence electrons. The van der Waals surface area contributed by atoms with Crippen LogP contribution in [0.5, 0.6) is 0 Å². The number of unbranched alkanes of at least 4 members (excludes halogenated alkanes) is 27. The standard InChI is InChI=1S/C79H136O17P2/c1-5-9-13-17-21-25-29-32-34-35-36-37-39-42-45-48-52-56-60-64-77(82)89-69-74(95-78(83)65-61-57-53-49-43-28-24-20-16-12-8-4)71-93-97(85,86)91-67-73(80)68-92-98(87,88)94-72-75(96-79(84)66-62-58-54-50-46-40-31-27-23-19-15-11-7-3)70-90-76(81)63-59-55-51-47-44-41-38-33-30-26-22-18-14-10-6-2/h9,13,15,19-21,24-25,27,31-34,36-38,42,45,73-75,80H,5-8,10-12,14,16-18,22-23,26,28-30,35,39-41,43-44,46-72H2,1-4H3,(H,85,86)(H,87,88)/b13-9-,19-15-,24-20-,25-21-,31-27-,34-32-,37-36-,38-33-,45-42-. The molecule has 3 N–H and O–H groups in total. The number of carbonyl (C=O) groups excluding carboxylic acids is 4. The first-order valence-electron chi connectivity index (χ1n) is 38.1. The van der Waals surface area contributed by atoms with Crippen LogP contribution in [0.3, 0.4) is 0 Å². The summed E-state index contributed by atoms with van der Waals surface area (Å²) in [5.41, 5.74) is 0. The van der Waals surface area contributed by atoms with E-state index < -0.39 is 97.5 Å². The summed E-state index contributed by atoms with van der Waals surface area (Å²) < 4.78 is 68.4. The van der Waals surface area contributed by atoms with Crippen LogP contribution in [-0.4, -0.2) is 96.7 Å². The largest absolute Gasteiger partial charge is 0.472 e. The van der Waals surface area contributed by atoms with E-state index in [0.717, 1.165) is 180 Å². The van der Waals surface area contributed by atoms with Gasteiger partial charge in [-0.3, -0.25) is 37.3 Å². The van der Waals surface area contributed by atoms with Crippen LogP contribution in [0, 0.1) is 0 Å². The smallest absolute Gasteiger partial charge is 0.462 e. The number of aliphatic hydroxyl groups excluding tert-OH is 1. The predicted molar refractivity (Wildman–Crippen MR) is 399 cm³/mol. The Morgan fingerprint density at radius 2 is 0.561 bits per heavy atom. The summed E-state index contributed by atoms with van der Waals surface area (Å²) in [4.78, 5) is 72.8. The SMILES string of the molecule is CC/C=C\C/C=C\C/C=C\C/C=C\C/C=C\CCCCCC(=O)OCC(COP(=O)(O)OCC(O)COP(=O)(O)OCC(COC(=O)CCCCCCC/C=C\CCCCCCCC)OC(=O)CCCCCCC/C=C\C/C=C\CCC)OC(=O)CCCCCCC/C=C\CCCC. The topological polar surface area (TPSA) is 237 Å². The Morgan fingerprint density at radius 1 is 0.296 bits per heavy atom. The third kappa shape index (κ3) is 70.2. The molecule has 5 atom stereocenters. The zero-order chi connectivity index (χ0) is 71.8. The molecular formula is C79H136O17P2. The van der Waals surface area contributed by atoms with Crippen molar-refractivity contribution in [1.82, 2.24) is 0 Å². The minimum atomic E-state index is -4.98. The number of phosphoric acid groups is 2. The molecule has 0 rings (SSSR count). The zero-order valence-corrected chi connectivity index (χ0v) is 63.2. The third-order valence-electron chi connectivity index (χ3n) is 15.7. The summed E-state index contributed by atoms with van der Waals surface area (Å²) in [5, 5.41) is 10.6. The molecule has 0 aliphatic rings. The van der Waals surface area contributed by atoms with E-state index in [0.29, 0.717) is 25.7 Å². The number of phosphoric ester groups is 2. The number of allylic oxidation sites excluding steroid dienone is 18. The van der Waals surface area contributed by atoms with Gasteiger partial charge in [-0.05, 0) is 141 Å². The van der Waals surface area contributed by atoms with Crippen molar-refractivity contribution in [3.63, 3.8) is 0 Å². The first kappa shape index (κ1) is 93.7. The number of rotatable bonds is 71. The van der Waals surface area contributed by atoms with Crippen molar-refractivity contribution in [2.75, 3.05) is 39.6 Å². The summed E-state index contributed by atoms with van der Waals surface area (Å²) in [6.07, 6.45) is 75.2. The second-order valence-corrected chi connectivity index (χ2v) is 28.1. The fourth-order valence-electron chi connectivity index (χ4n) is 9.85. The molecule has 5 unspecified atom stereocenters. The van der Waals surface area contributed by atoms with Crippen LogP contribution >= 0.6 is 15.6 Å². The number of aliphatic hydroxyl groups is 1. The van der Waals surface area contributed by atoms with Crippen molar-refractivity contribution in [2.24, 2.45) is 0 Å². The number of carbonyl (C=O) groups is 4. The molecule has 0 aliphatic heterocycles. The van der Waals surface area contributed by atoms with Gasteiger partial charge in [0.2, 0.25) is 0 Å². The van der Waals surface area contributed by atoms with Crippen molar-refractivity contribution in [3.8, 4) is 0 Å². The van der Waals surface area contributed by atoms with Gasteiger partial charge in [-0.15, -0.1) is 0 Å². The fraction of sp³-hybridized carbons (Fsp3) is 0.722. The lowest BCUT2D eigenvalue weighted by Crippen LogP contribution is -2.30. The zero-order valence-electron chi connectivity index (χ0n) is 61.4. The quantitative estimate of drug-likeness (QED) is 0.0169. The normalized spacial score (nSPS) is 14.6. The van der Waals surface area contributed by atoms with Crippen LogP contribution in [0.1, 0.15) is 310 Å². The van der Waals surface area contributed by atoms with Crippen LogP contribution in [0.2, 0.25) is 0 Å². The van der Waals surface area contributed by atoms with E-state index in [2.05, 4.69) is 137 Å². The first-order chi connectivity index (χ1) is 47.7. The van der Waals surface area contributed by atoms with Gasteiger partial charge in [0.05, 0.1) is 26.4 Å². The molecule has 0 radical (unpaired) electrons. The second kappa shape index (κ2) is 71.1. The molecule has 0 fully saturated rings. The van der Waals surface area contributed by atoms with Gasteiger partial charge in [-0.25, -0.2) is 9.13 Å². The first-order valence-corrected chi connectivity index (χ1v) is 41.1. The molecule has 0 aromatic heterocycles. The van der Waals surface area contributed by atoms with E-state index in [-0.39, 0.29) is 25.7 Å². The van der Waals surface area contributed by atoms with Crippen molar-refractivity contribution >= 4 is 39.5 Å². The minimum absolute atomic E-state index is 0.0750.